The molecule has 0 saturated carbocycles. The lowest BCUT2D eigenvalue weighted by atomic mass is 10.4. The van der Waals surface area contributed by atoms with Crippen LogP contribution >= 0.6 is 24.0 Å². The van der Waals surface area contributed by atoms with Crippen LogP contribution < -0.4 is 0 Å². The van der Waals surface area contributed by atoms with Crippen molar-refractivity contribution in [2.75, 3.05) is 13.2 Å². The van der Waals surface area contributed by atoms with Crippen molar-refractivity contribution in [2.24, 2.45) is 0 Å². The average Bonchev–Trinajstić information content (AvgIpc) is 2.33. The Kier molecular flexibility index (Phi) is 3.96. The molecule has 0 aliphatic carbocycles. The van der Waals surface area contributed by atoms with Crippen molar-refractivity contribution in [3.8, 4) is 0 Å². The van der Waals surface area contributed by atoms with Crippen molar-refractivity contribution in [1.82, 2.24) is 14.8 Å². The Balaban J connectivity index is 0.000000845. The number of rotatable bonds is 1. The van der Waals surface area contributed by atoms with Crippen molar-refractivity contribution < 1.29 is 4.74 Å². The van der Waals surface area contributed by atoms with E-state index >= 15 is 0 Å². The summed E-state index contributed by atoms with van der Waals surface area (Å²) < 4.78 is 7.34. The molecule has 0 unspecified atom stereocenters. The van der Waals surface area contributed by atoms with Gasteiger partial charge < -0.3 is 9.30 Å². The zero-order chi connectivity index (χ0) is 8.39. The van der Waals surface area contributed by atoms with Crippen LogP contribution in [-0.2, 0) is 23.6 Å². The summed E-state index contributed by atoms with van der Waals surface area (Å²) in [6.07, 6.45) is 0.837. The summed E-state index contributed by atoms with van der Waals surface area (Å²) in [6.45, 7) is 2.29. The van der Waals surface area contributed by atoms with Crippen molar-refractivity contribution in [3.63, 3.8) is 0 Å². The van der Waals surface area contributed by atoms with Gasteiger partial charge in [0.2, 0.25) is 0 Å². The Morgan fingerprint density at radius 1 is 1.38 bits per heavy atom. The Hall–Kier alpha value is -0.320. The molecule has 0 spiro atoms. The average molecular weight is 224 g/mol. The summed E-state index contributed by atoms with van der Waals surface area (Å²) in [5.74, 6) is 2.26. The Morgan fingerprint density at radius 3 is 3.00 bits per heavy atom. The van der Waals surface area contributed by atoms with Crippen LogP contribution in [0.3, 0.4) is 0 Å². The van der Waals surface area contributed by atoms with E-state index in [-0.39, 0.29) is 12.4 Å². The molecule has 0 saturated heterocycles. The van der Waals surface area contributed by atoms with Gasteiger partial charge in [0.25, 0.3) is 0 Å². The normalized spacial score (nSPS) is 15.8. The molecule has 0 atom stereocenters. The molecule has 1 aromatic rings. The van der Waals surface area contributed by atoms with Crippen LogP contribution in [0.5, 0.6) is 0 Å². The highest BCUT2D eigenvalue weighted by Crippen LogP contribution is 2.08. The molecule has 13 heavy (non-hydrogen) atoms. The van der Waals surface area contributed by atoms with Gasteiger partial charge in [0, 0.05) is 13.0 Å². The minimum absolute atomic E-state index is 0. The van der Waals surface area contributed by atoms with Gasteiger partial charge in [0.05, 0.1) is 19.1 Å². The topological polar surface area (TPSA) is 39.9 Å². The molecule has 2 heterocycles. The third-order valence-electron chi connectivity index (χ3n) is 1.95. The molecule has 0 fully saturated rings. The first-order valence-corrected chi connectivity index (χ1v) is 4.50. The number of aromatic nitrogens is 3. The lowest BCUT2D eigenvalue weighted by Gasteiger charge is -2.02. The van der Waals surface area contributed by atoms with E-state index in [1.54, 1.807) is 0 Å². The molecule has 2 rings (SSSR count). The van der Waals surface area contributed by atoms with E-state index in [1.807, 2.05) is 4.57 Å². The molecule has 74 valence electrons. The van der Waals surface area contributed by atoms with Gasteiger partial charge in [-0.1, -0.05) is 0 Å². The second-order valence-electron chi connectivity index (χ2n) is 2.68. The van der Waals surface area contributed by atoms with Gasteiger partial charge in [-0.15, -0.1) is 34.2 Å². The molecule has 1 aliphatic rings. The third kappa shape index (κ3) is 2.13. The Morgan fingerprint density at radius 2 is 2.23 bits per heavy atom. The van der Waals surface area contributed by atoms with Gasteiger partial charge in [-0.2, -0.15) is 0 Å². The number of hydrogen-bond acceptors (Lipinski definition) is 3. The van der Waals surface area contributed by atoms with E-state index in [2.05, 4.69) is 10.2 Å². The van der Waals surface area contributed by atoms with Crippen LogP contribution in [0.2, 0.25) is 0 Å². The summed E-state index contributed by atoms with van der Waals surface area (Å²) in [7, 11) is 0. The Bertz CT molecular complexity index is 277. The molecular weight excluding hydrogens is 213 g/mol. The lowest BCUT2D eigenvalue weighted by Crippen LogP contribution is -2.07. The second kappa shape index (κ2) is 4.79. The number of alkyl halides is 1. The largest absolute Gasteiger partial charge is 0.379 e. The number of hydrogen-bond donors (Lipinski definition) is 0. The van der Waals surface area contributed by atoms with Gasteiger partial charge in [0.15, 0.2) is 0 Å². The minimum Gasteiger partial charge on any atom is -0.379 e. The second-order valence-corrected chi connectivity index (χ2v) is 2.95. The first-order chi connectivity index (χ1) is 5.92. The highest BCUT2D eigenvalue weighted by Gasteiger charge is 2.13. The van der Waals surface area contributed by atoms with Crippen molar-refractivity contribution in [1.29, 1.82) is 0 Å². The fraction of sp³-hybridized carbons (Fsp3) is 0.714. The number of halogens is 2. The van der Waals surface area contributed by atoms with Crippen molar-refractivity contribution in [3.05, 3.63) is 11.6 Å². The Labute approximate surface area is 87.6 Å². The highest BCUT2D eigenvalue weighted by atomic mass is 35.5. The molecule has 1 aliphatic heterocycles. The maximum absolute atomic E-state index is 5.69. The van der Waals surface area contributed by atoms with Gasteiger partial charge in [0.1, 0.15) is 11.6 Å². The predicted molar refractivity (Wildman–Crippen MR) is 51.4 cm³/mol. The molecule has 0 aromatic carbocycles. The molecule has 1 aromatic heterocycles. The molecule has 0 bridgehead atoms. The van der Waals surface area contributed by atoms with Crippen LogP contribution in [0.25, 0.3) is 0 Å². The fourth-order valence-electron chi connectivity index (χ4n) is 1.34. The molecule has 0 N–H and O–H groups in total. The SMILES string of the molecule is Cl.ClCc1nnc2n1CCOCC2. The summed E-state index contributed by atoms with van der Waals surface area (Å²) in [5, 5.41) is 8.02. The minimum atomic E-state index is 0. The van der Waals surface area contributed by atoms with Crippen molar-refractivity contribution >= 4 is 24.0 Å². The number of fused-ring (bicyclic) bond motifs is 1. The van der Waals surface area contributed by atoms with Crippen molar-refractivity contribution in [2.45, 2.75) is 18.8 Å². The lowest BCUT2D eigenvalue weighted by molar-refractivity contribution is 0.139. The van der Waals surface area contributed by atoms with Crippen LogP contribution in [0.15, 0.2) is 0 Å². The molecule has 6 heteroatoms. The summed E-state index contributed by atoms with van der Waals surface area (Å²) >= 11 is 5.69. The quantitative estimate of drug-likeness (QED) is 0.668. The predicted octanol–water partition coefficient (Wildman–Crippen LogP) is 1.01. The zero-order valence-corrected chi connectivity index (χ0v) is 8.64. The maximum Gasteiger partial charge on any atom is 0.148 e. The molecule has 0 radical (unpaired) electrons. The van der Waals surface area contributed by atoms with Crippen LogP contribution in [0.4, 0.5) is 0 Å². The van der Waals surface area contributed by atoms with E-state index in [1.165, 1.54) is 0 Å². The van der Waals surface area contributed by atoms with E-state index in [4.69, 9.17) is 16.3 Å². The smallest absolute Gasteiger partial charge is 0.148 e. The van der Waals surface area contributed by atoms with Gasteiger partial charge in [-0.3, -0.25) is 0 Å². The maximum atomic E-state index is 5.69. The first kappa shape index (κ1) is 10.8. The van der Waals surface area contributed by atoms with E-state index in [9.17, 15) is 0 Å². The number of ether oxygens (including phenoxy) is 1. The molecule has 0 amide bonds. The highest BCUT2D eigenvalue weighted by molar-refractivity contribution is 6.16. The van der Waals surface area contributed by atoms with Crippen LogP contribution in [0.1, 0.15) is 11.6 Å². The first-order valence-electron chi connectivity index (χ1n) is 3.96. The summed E-state index contributed by atoms with van der Waals surface area (Å²) in [4.78, 5) is 0. The van der Waals surface area contributed by atoms with Gasteiger partial charge in [-0.05, 0) is 0 Å². The summed E-state index contributed by atoms with van der Waals surface area (Å²) in [6, 6.07) is 0. The standard InChI is InChI=1S/C7H10ClN3O.ClH/c8-5-7-10-9-6-1-3-12-4-2-11(6)7;/h1-5H2;1H. The van der Waals surface area contributed by atoms with E-state index < -0.39 is 0 Å². The van der Waals surface area contributed by atoms with E-state index in [0.717, 1.165) is 37.8 Å². The van der Waals surface area contributed by atoms with E-state index in [0.29, 0.717) is 5.88 Å². The molecule has 4 nitrogen and oxygen atoms in total. The van der Waals surface area contributed by atoms with Gasteiger partial charge >= 0.3 is 0 Å². The number of nitrogens with zero attached hydrogens (tertiary/aromatic N) is 3. The van der Waals surface area contributed by atoms with Gasteiger partial charge in [-0.25, -0.2) is 0 Å². The monoisotopic (exact) mass is 223 g/mol. The fourth-order valence-corrected chi connectivity index (χ4v) is 1.53. The summed E-state index contributed by atoms with van der Waals surface area (Å²) in [5.41, 5.74) is 0. The third-order valence-corrected chi connectivity index (χ3v) is 2.19. The van der Waals surface area contributed by atoms with Crippen LogP contribution in [-0.4, -0.2) is 28.0 Å². The zero-order valence-electron chi connectivity index (χ0n) is 7.07. The van der Waals surface area contributed by atoms with Crippen LogP contribution in [0, 0.1) is 0 Å². The molecular formula is C7H11Cl2N3O.